The molecule has 4 aromatic carbocycles. The van der Waals surface area contributed by atoms with E-state index in [1.807, 2.05) is 72.8 Å². The van der Waals surface area contributed by atoms with Crippen molar-refractivity contribution in [1.82, 2.24) is 0 Å². The van der Waals surface area contributed by atoms with Crippen LogP contribution in [0.5, 0.6) is 5.75 Å². The highest BCUT2D eigenvalue weighted by Gasteiger charge is 2.17. The van der Waals surface area contributed by atoms with Crippen LogP contribution in [-0.2, 0) is 16.1 Å². The molecule has 0 aliphatic carbocycles. The first-order chi connectivity index (χ1) is 17.6. The summed E-state index contributed by atoms with van der Waals surface area (Å²) in [6.07, 6.45) is 2.43. The van der Waals surface area contributed by atoms with Crippen LogP contribution in [0.15, 0.2) is 103 Å². The van der Waals surface area contributed by atoms with E-state index in [1.165, 1.54) is 5.56 Å². The number of ether oxygens (including phenoxy) is 1. The zero-order chi connectivity index (χ0) is 24.9. The molecule has 36 heavy (non-hydrogen) atoms. The minimum atomic E-state index is -0.162. The van der Waals surface area contributed by atoms with Gasteiger partial charge in [-0.3, -0.25) is 4.79 Å². The SMILES string of the molecule is Cc1ccc(-c2ccc3c(c2)C=C(C(=O)Nc2ccc(C(=S=O)c4ccccc4)cc2)CCO3)cc1. The number of amides is 1. The smallest absolute Gasteiger partial charge is 0.251 e. The predicted octanol–water partition coefficient (Wildman–Crippen LogP) is 6.25. The number of hydrogen-bond acceptors (Lipinski definition) is 3. The molecule has 0 atom stereocenters. The van der Waals surface area contributed by atoms with Crippen molar-refractivity contribution in [3.63, 3.8) is 0 Å². The van der Waals surface area contributed by atoms with E-state index in [4.69, 9.17) is 4.74 Å². The number of hydrogen-bond donors (Lipinski definition) is 1. The molecule has 0 radical (unpaired) electrons. The van der Waals surface area contributed by atoms with Gasteiger partial charge in [0.05, 0.1) is 22.7 Å². The van der Waals surface area contributed by atoms with E-state index in [0.717, 1.165) is 33.6 Å². The minimum absolute atomic E-state index is 0.162. The molecule has 0 saturated carbocycles. The Balaban J connectivity index is 1.35. The minimum Gasteiger partial charge on any atom is -0.493 e. The summed E-state index contributed by atoms with van der Waals surface area (Å²) in [6.45, 7) is 2.50. The maximum absolute atomic E-state index is 13.1. The van der Waals surface area contributed by atoms with Crippen LogP contribution in [0.1, 0.15) is 28.7 Å². The van der Waals surface area contributed by atoms with E-state index in [9.17, 15) is 9.00 Å². The molecule has 4 nitrogen and oxygen atoms in total. The largest absolute Gasteiger partial charge is 0.493 e. The van der Waals surface area contributed by atoms with E-state index in [0.29, 0.717) is 40.4 Å². The Morgan fingerprint density at radius 2 is 1.53 bits per heavy atom. The molecular formula is C31H25NO3S. The Kier molecular flexibility index (Phi) is 6.92. The van der Waals surface area contributed by atoms with E-state index in [1.54, 1.807) is 0 Å². The Labute approximate surface area is 214 Å². The average molecular weight is 492 g/mol. The lowest BCUT2D eigenvalue weighted by molar-refractivity contribution is -0.113. The monoisotopic (exact) mass is 491 g/mol. The highest BCUT2D eigenvalue weighted by Crippen LogP contribution is 2.31. The summed E-state index contributed by atoms with van der Waals surface area (Å²) in [7, 11) is 0. The topological polar surface area (TPSA) is 55.4 Å². The van der Waals surface area contributed by atoms with Gasteiger partial charge < -0.3 is 10.1 Å². The number of fused-ring (bicyclic) bond motifs is 1. The fraction of sp³-hybridized carbons (Fsp3) is 0.0968. The van der Waals surface area contributed by atoms with Crippen LogP contribution in [0.2, 0.25) is 0 Å². The third-order valence-corrected chi connectivity index (χ3v) is 6.81. The molecule has 0 aromatic heterocycles. The standard InChI is InChI=1S/C31H25NO3S/c1-21-7-9-22(10-8-21)25-13-16-29-27(19-25)20-26(17-18-35-29)31(33)32-28-14-11-24(12-15-28)30(36-34)23-5-3-2-4-6-23/h2-16,19-20H,17-18H2,1H3,(H,32,33). The van der Waals surface area contributed by atoms with Gasteiger partial charge in [0.1, 0.15) is 5.75 Å². The van der Waals surface area contributed by atoms with Gasteiger partial charge in [-0.1, -0.05) is 78.4 Å². The summed E-state index contributed by atoms with van der Waals surface area (Å²) in [4.78, 5) is 13.8. The van der Waals surface area contributed by atoms with Crippen molar-refractivity contribution < 1.29 is 13.7 Å². The van der Waals surface area contributed by atoms with Crippen LogP contribution >= 0.6 is 0 Å². The molecule has 0 unspecified atom stereocenters. The Morgan fingerprint density at radius 3 is 2.25 bits per heavy atom. The zero-order valence-corrected chi connectivity index (χ0v) is 20.7. The van der Waals surface area contributed by atoms with Gasteiger partial charge in [-0.05, 0) is 59.5 Å². The Bertz CT molecular complexity index is 1480. The molecule has 0 bridgehead atoms. The number of carbonyl (C=O) groups excluding carboxylic acids is 1. The molecule has 1 aliphatic heterocycles. The van der Waals surface area contributed by atoms with Gasteiger partial charge in [0.2, 0.25) is 0 Å². The molecule has 0 fully saturated rings. The molecule has 178 valence electrons. The number of anilines is 1. The molecule has 5 rings (SSSR count). The number of rotatable bonds is 5. The summed E-state index contributed by atoms with van der Waals surface area (Å²) >= 11 is 0.471. The van der Waals surface area contributed by atoms with Crippen molar-refractivity contribution in [3.8, 4) is 16.9 Å². The quantitative estimate of drug-likeness (QED) is 0.265. The highest BCUT2D eigenvalue weighted by molar-refractivity contribution is 7.67. The van der Waals surface area contributed by atoms with Crippen molar-refractivity contribution in [2.24, 2.45) is 0 Å². The van der Waals surface area contributed by atoms with Gasteiger partial charge >= 0.3 is 0 Å². The van der Waals surface area contributed by atoms with E-state index in [-0.39, 0.29) is 5.91 Å². The molecule has 0 spiro atoms. The molecule has 1 N–H and O–H groups in total. The van der Waals surface area contributed by atoms with Gasteiger partial charge in [-0.15, -0.1) is 0 Å². The fourth-order valence-corrected chi connectivity index (χ4v) is 4.66. The summed E-state index contributed by atoms with van der Waals surface area (Å²) in [5.41, 5.74) is 7.32. The van der Waals surface area contributed by atoms with Gasteiger partial charge in [-0.2, -0.15) is 0 Å². The van der Waals surface area contributed by atoms with Gasteiger partial charge in [0.25, 0.3) is 5.91 Å². The Morgan fingerprint density at radius 1 is 0.833 bits per heavy atom. The summed E-state index contributed by atoms with van der Waals surface area (Å²) in [6, 6.07) is 31.4. The highest BCUT2D eigenvalue weighted by atomic mass is 32.1. The second-order valence-electron chi connectivity index (χ2n) is 8.70. The number of nitrogens with one attached hydrogen (secondary N) is 1. The molecule has 1 aliphatic rings. The molecule has 1 amide bonds. The van der Waals surface area contributed by atoms with E-state index in [2.05, 4.69) is 42.6 Å². The summed E-state index contributed by atoms with van der Waals surface area (Å²) < 4.78 is 17.7. The first-order valence-electron chi connectivity index (χ1n) is 11.8. The first kappa shape index (κ1) is 23.5. The van der Waals surface area contributed by atoms with Crippen molar-refractivity contribution in [3.05, 3.63) is 125 Å². The van der Waals surface area contributed by atoms with Gasteiger partial charge in [0.15, 0.2) is 0 Å². The second-order valence-corrected chi connectivity index (χ2v) is 9.27. The maximum Gasteiger partial charge on any atom is 0.251 e. The lowest BCUT2D eigenvalue weighted by Gasteiger charge is -2.09. The predicted molar refractivity (Wildman–Crippen MR) is 148 cm³/mol. The van der Waals surface area contributed by atoms with Crippen molar-refractivity contribution in [2.75, 3.05) is 11.9 Å². The summed E-state index contributed by atoms with van der Waals surface area (Å²) in [5, 5.41) is 2.99. The molecule has 0 saturated heterocycles. The maximum atomic E-state index is 13.1. The van der Waals surface area contributed by atoms with Crippen LogP contribution in [0.4, 0.5) is 5.69 Å². The third kappa shape index (κ3) is 5.21. The molecular weight excluding hydrogens is 466 g/mol. The second kappa shape index (κ2) is 10.6. The molecule has 5 heteroatoms. The summed E-state index contributed by atoms with van der Waals surface area (Å²) in [5.74, 6) is 0.613. The van der Waals surface area contributed by atoms with Crippen LogP contribution in [-0.4, -0.2) is 21.6 Å². The zero-order valence-electron chi connectivity index (χ0n) is 19.9. The molecule has 1 heterocycles. The van der Waals surface area contributed by atoms with Crippen LogP contribution in [0.25, 0.3) is 17.2 Å². The van der Waals surface area contributed by atoms with E-state index < -0.39 is 0 Å². The number of benzene rings is 4. The third-order valence-electron chi connectivity index (χ3n) is 6.17. The van der Waals surface area contributed by atoms with E-state index >= 15 is 0 Å². The van der Waals surface area contributed by atoms with Crippen molar-refractivity contribution >= 4 is 33.8 Å². The Hall–Kier alpha value is -4.22. The number of carbonyl (C=O) groups is 1. The lowest BCUT2D eigenvalue weighted by atomic mass is 10.00. The first-order valence-corrected chi connectivity index (χ1v) is 12.5. The van der Waals surface area contributed by atoms with Crippen molar-refractivity contribution in [2.45, 2.75) is 13.3 Å². The van der Waals surface area contributed by atoms with Gasteiger partial charge in [0, 0.05) is 23.2 Å². The normalized spacial score (nSPS) is 12.4. The van der Waals surface area contributed by atoms with Gasteiger partial charge in [-0.25, -0.2) is 4.21 Å². The fourth-order valence-electron chi connectivity index (χ4n) is 4.20. The van der Waals surface area contributed by atoms with Crippen LogP contribution in [0, 0.1) is 6.92 Å². The van der Waals surface area contributed by atoms with Crippen molar-refractivity contribution in [1.29, 1.82) is 0 Å². The number of aryl methyl sites for hydroxylation is 1. The average Bonchev–Trinajstić information content (AvgIpc) is 3.13. The van der Waals surface area contributed by atoms with Crippen LogP contribution in [0.3, 0.4) is 0 Å². The lowest BCUT2D eigenvalue weighted by Crippen LogP contribution is -2.15. The van der Waals surface area contributed by atoms with Crippen LogP contribution < -0.4 is 10.1 Å². The molecule has 4 aromatic rings.